The van der Waals surface area contributed by atoms with Gasteiger partial charge in [0, 0.05) is 37.3 Å². The topological polar surface area (TPSA) is 63.3 Å². The van der Waals surface area contributed by atoms with E-state index in [0.717, 1.165) is 22.1 Å². The highest BCUT2D eigenvalue weighted by Crippen LogP contribution is 2.25. The average molecular weight is 354 g/mol. The molecule has 26 heavy (non-hydrogen) atoms. The normalized spacial score (nSPS) is 17.0. The first kappa shape index (κ1) is 17.1. The van der Waals surface area contributed by atoms with Crippen molar-refractivity contribution in [3.8, 4) is 11.6 Å². The van der Waals surface area contributed by atoms with Gasteiger partial charge in [0.15, 0.2) is 0 Å². The monoisotopic (exact) mass is 354 g/mol. The van der Waals surface area contributed by atoms with Crippen LogP contribution in [0.5, 0.6) is 5.88 Å². The quantitative estimate of drug-likeness (QED) is 0.670. The summed E-state index contributed by atoms with van der Waals surface area (Å²) in [7, 11) is 1.50. The molecule has 0 amide bonds. The molecule has 0 radical (unpaired) electrons. The summed E-state index contributed by atoms with van der Waals surface area (Å²) >= 11 is 0. The Kier molecular flexibility index (Phi) is 4.24. The lowest BCUT2D eigenvalue weighted by atomic mass is 9.74. The summed E-state index contributed by atoms with van der Waals surface area (Å²) in [6, 6.07) is 6.00. The van der Waals surface area contributed by atoms with E-state index in [-0.39, 0.29) is 12.5 Å². The van der Waals surface area contributed by atoms with Crippen molar-refractivity contribution < 1.29 is 14.0 Å². The Labute approximate surface area is 153 Å². The molecule has 7 nitrogen and oxygen atoms in total. The van der Waals surface area contributed by atoms with Crippen LogP contribution < -0.4 is 10.2 Å². The highest BCUT2D eigenvalue weighted by atomic mass is 16.6. The maximum absolute atomic E-state index is 5.97. The first-order valence-electron chi connectivity index (χ1n) is 8.85. The molecule has 0 aliphatic carbocycles. The minimum Gasteiger partial charge on any atom is -0.475 e. The fraction of sp³-hybridized carbons (Fsp3) is 0.444. The molecule has 1 aromatic carbocycles. The lowest BCUT2D eigenvalue weighted by Crippen LogP contribution is -2.47. The minimum absolute atomic E-state index is 0.0384. The van der Waals surface area contributed by atoms with E-state index in [4.69, 9.17) is 19.1 Å². The van der Waals surface area contributed by atoms with Gasteiger partial charge in [-0.1, -0.05) is 26.0 Å². The van der Waals surface area contributed by atoms with Crippen LogP contribution in [0.3, 0.4) is 0 Å². The van der Waals surface area contributed by atoms with Gasteiger partial charge in [0.25, 0.3) is 5.88 Å². The average Bonchev–Trinajstić information content (AvgIpc) is 3.18. The zero-order valence-electron chi connectivity index (χ0n) is 15.6. The Hall–Kier alpha value is -2.32. The number of hydrogen-bond acceptors (Lipinski definition) is 5. The third-order valence-electron chi connectivity index (χ3n) is 4.39. The van der Waals surface area contributed by atoms with Gasteiger partial charge in [-0.15, -0.1) is 5.10 Å². The second kappa shape index (κ2) is 6.44. The Morgan fingerprint density at radius 3 is 2.69 bits per heavy atom. The third kappa shape index (κ3) is 3.10. The standard InChI is InChI=1S/C18H23BN4O3/c1-5-24-17-16(10-22(4)21-17)23-9-13-14(7-6-8-15(13)20-23)19-25-11-18(2,3)12-26-19/h6-10H,5,11-12H2,1-4H3. The molecule has 0 N–H and O–H groups in total. The summed E-state index contributed by atoms with van der Waals surface area (Å²) in [6.07, 6.45) is 3.88. The summed E-state index contributed by atoms with van der Waals surface area (Å²) in [4.78, 5) is 0. The van der Waals surface area contributed by atoms with Gasteiger partial charge in [0.1, 0.15) is 5.69 Å². The molecule has 4 rings (SSSR count). The van der Waals surface area contributed by atoms with E-state index in [1.54, 1.807) is 9.36 Å². The second-order valence-corrected chi connectivity index (χ2v) is 7.40. The fourth-order valence-corrected chi connectivity index (χ4v) is 3.12. The molecule has 1 fully saturated rings. The van der Waals surface area contributed by atoms with E-state index < -0.39 is 0 Å². The summed E-state index contributed by atoms with van der Waals surface area (Å²) < 4.78 is 21.1. The van der Waals surface area contributed by atoms with Gasteiger partial charge in [0.05, 0.1) is 18.3 Å². The molecule has 1 aliphatic heterocycles. The molecule has 0 bridgehead atoms. The Balaban J connectivity index is 1.73. The van der Waals surface area contributed by atoms with Crippen molar-refractivity contribution >= 4 is 23.5 Å². The molecule has 0 saturated carbocycles. The molecule has 2 aromatic heterocycles. The number of fused-ring (bicyclic) bond motifs is 1. The Morgan fingerprint density at radius 1 is 1.19 bits per heavy atom. The number of hydrogen-bond donors (Lipinski definition) is 0. The van der Waals surface area contributed by atoms with Gasteiger partial charge in [-0.25, -0.2) is 4.68 Å². The lowest BCUT2D eigenvalue weighted by Gasteiger charge is -2.33. The zero-order valence-corrected chi connectivity index (χ0v) is 15.6. The molecule has 136 valence electrons. The zero-order chi connectivity index (χ0) is 18.3. The SMILES string of the molecule is CCOc1nn(C)cc1-n1cc2c(B3OCC(C)(C)CO3)cccc2n1. The predicted octanol–water partition coefficient (Wildman–Crippen LogP) is 1.93. The van der Waals surface area contributed by atoms with Crippen molar-refractivity contribution in [3.05, 3.63) is 30.6 Å². The molecule has 0 atom stereocenters. The Morgan fingerprint density at radius 2 is 1.96 bits per heavy atom. The smallest absolute Gasteiger partial charge is 0.475 e. The largest absolute Gasteiger partial charge is 0.494 e. The number of nitrogens with zero attached hydrogens (tertiary/aromatic N) is 4. The van der Waals surface area contributed by atoms with E-state index >= 15 is 0 Å². The van der Waals surface area contributed by atoms with Crippen molar-refractivity contribution in [1.29, 1.82) is 0 Å². The minimum atomic E-state index is -0.371. The van der Waals surface area contributed by atoms with Crippen LogP contribution in [0.4, 0.5) is 0 Å². The van der Waals surface area contributed by atoms with Crippen molar-refractivity contribution in [3.63, 3.8) is 0 Å². The highest BCUT2D eigenvalue weighted by Gasteiger charge is 2.34. The van der Waals surface area contributed by atoms with Crippen LogP contribution in [0.2, 0.25) is 0 Å². The van der Waals surface area contributed by atoms with Crippen LogP contribution in [0.25, 0.3) is 16.6 Å². The number of aryl methyl sites for hydroxylation is 1. The van der Waals surface area contributed by atoms with Crippen LogP contribution in [-0.4, -0.2) is 46.5 Å². The molecular formula is C18H23BN4O3. The van der Waals surface area contributed by atoms with Gasteiger partial charge in [-0.2, -0.15) is 5.10 Å². The van der Waals surface area contributed by atoms with Crippen LogP contribution in [0, 0.1) is 5.41 Å². The van der Waals surface area contributed by atoms with E-state index in [1.165, 1.54) is 0 Å². The number of ether oxygens (including phenoxy) is 1. The van der Waals surface area contributed by atoms with E-state index in [2.05, 4.69) is 18.9 Å². The van der Waals surface area contributed by atoms with Gasteiger partial charge >= 0.3 is 7.12 Å². The fourth-order valence-electron chi connectivity index (χ4n) is 3.12. The summed E-state index contributed by atoms with van der Waals surface area (Å²) in [5.74, 6) is 0.566. The maximum atomic E-state index is 5.97. The molecule has 8 heteroatoms. The van der Waals surface area contributed by atoms with E-state index in [0.29, 0.717) is 25.7 Å². The number of aromatic nitrogens is 4. The second-order valence-electron chi connectivity index (χ2n) is 7.40. The van der Waals surface area contributed by atoms with E-state index in [1.807, 2.05) is 44.6 Å². The third-order valence-corrected chi connectivity index (χ3v) is 4.39. The van der Waals surface area contributed by atoms with Crippen LogP contribution in [0.1, 0.15) is 20.8 Å². The number of benzene rings is 1. The summed E-state index contributed by atoms with van der Waals surface area (Å²) in [5.41, 5.74) is 2.72. The van der Waals surface area contributed by atoms with Crippen molar-refractivity contribution in [1.82, 2.24) is 19.6 Å². The van der Waals surface area contributed by atoms with Crippen molar-refractivity contribution in [2.24, 2.45) is 12.5 Å². The summed E-state index contributed by atoms with van der Waals surface area (Å²) in [6.45, 7) is 8.10. The first-order valence-corrected chi connectivity index (χ1v) is 8.85. The lowest BCUT2D eigenvalue weighted by molar-refractivity contribution is 0.0344. The highest BCUT2D eigenvalue weighted by molar-refractivity contribution is 6.64. The molecule has 0 unspecified atom stereocenters. The van der Waals surface area contributed by atoms with Gasteiger partial charge < -0.3 is 14.0 Å². The van der Waals surface area contributed by atoms with Crippen LogP contribution in [-0.2, 0) is 16.4 Å². The van der Waals surface area contributed by atoms with Crippen molar-refractivity contribution in [2.45, 2.75) is 20.8 Å². The first-order chi connectivity index (χ1) is 12.5. The van der Waals surface area contributed by atoms with Crippen LogP contribution >= 0.6 is 0 Å². The molecule has 1 aliphatic rings. The Bertz CT molecular complexity index is 924. The summed E-state index contributed by atoms with van der Waals surface area (Å²) in [5, 5.41) is 10.1. The van der Waals surface area contributed by atoms with Gasteiger partial charge in [0.2, 0.25) is 0 Å². The van der Waals surface area contributed by atoms with E-state index in [9.17, 15) is 0 Å². The van der Waals surface area contributed by atoms with Crippen LogP contribution in [0.15, 0.2) is 30.6 Å². The van der Waals surface area contributed by atoms with Gasteiger partial charge in [-0.3, -0.25) is 4.68 Å². The number of rotatable bonds is 4. The van der Waals surface area contributed by atoms with Crippen molar-refractivity contribution in [2.75, 3.05) is 19.8 Å². The molecular weight excluding hydrogens is 331 g/mol. The molecule has 3 heterocycles. The molecule has 0 spiro atoms. The molecule has 1 saturated heterocycles. The maximum Gasteiger partial charge on any atom is 0.494 e. The molecule has 3 aromatic rings. The predicted molar refractivity (Wildman–Crippen MR) is 100 cm³/mol. The van der Waals surface area contributed by atoms with Gasteiger partial charge in [-0.05, 0) is 18.5 Å².